The molecule has 0 unspecified atom stereocenters. The molecule has 2 heterocycles. The molecule has 0 spiro atoms. The molecule has 0 amide bonds. The molecule has 2 saturated heterocycles. The minimum absolute atomic E-state index is 0.329. The van der Waals surface area contributed by atoms with Crippen molar-refractivity contribution in [2.24, 2.45) is 0 Å². The van der Waals surface area contributed by atoms with Gasteiger partial charge in [0.2, 0.25) is 0 Å². The van der Waals surface area contributed by atoms with Crippen molar-refractivity contribution in [2.75, 3.05) is 65.5 Å². The van der Waals surface area contributed by atoms with E-state index in [1.54, 1.807) is 0 Å². The molecule has 21 heavy (non-hydrogen) atoms. The van der Waals surface area contributed by atoms with Crippen molar-refractivity contribution in [2.45, 2.75) is 44.9 Å². The van der Waals surface area contributed by atoms with Gasteiger partial charge >= 0.3 is 0 Å². The molecule has 0 aromatic heterocycles. The average Bonchev–Trinajstić information content (AvgIpc) is 2.48. The van der Waals surface area contributed by atoms with Crippen LogP contribution in [0.2, 0.25) is 0 Å². The Hall–Kier alpha value is -0.160. The van der Waals surface area contributed by atoms with E-state index >= 15 is 0 Å². The molecule has 0 atom stereocenters. The summed E-state index contributed by atoms with van der Waals surface area (Å²) in [6, 6.07) is 0. The van der Waals surface area contributed by atoms with Crippen LogP contribution in [0.4, 0.5) is 0 Å². The number of nitrogens with zero attached hydrogens (tertiary/aromatic N) is 3. The normalized spacial score (nSPS) is 23.9. The molecule has 0 radical (unpaired) electrons. The summed E-state index contributed by atoms with van der Waals surface area (Å²) in [4.78, 5) is 7.81. The van der Waals surface area contributed by atoms with Gasteiger partial charge in [0.1, 0.15) is 0 Å². The molecule has 2 fully saturated rings. The van der Waals surface area contributed by atoms with Crippen LogP contribution in [0.15, 0.2) is 0 Å². The van der Waals surface area contributed by atoms with Crippen molar-refractivity contribution in [1.82, 2.24) is 14.7 Å². The Balaban J connectivity index is 1.52. The van der Waals surface area contributed by atoms with Crippen LogP contribution in [0.3, 0.4) is 0 Å². The van der Waals surface area contributed by atoms with Gasteiger partial charge in [-0.15, -0.1) is 0 Å². The molecule has 0 saturated carbocycles. The largest absolute Gasteiger partial charge is 0.396 e. The molecular formula is C17H35N3O. The molecule has 124 valence electrons. The van der Waals surface area contributed by atoms with Gasteiger partial charge in [-0.25, -0.2) is 0 Å². The molecule has 0 bridgehead atoms. The van der Waals surface area contributed by atoms with Gasteiger partial charge in [0.25, 0.3) is 0 Å². The number of piperazine rings is 1. The standard InChI is InChI=1S/C17H35N3O/c21-17-7-12-20-15-13-19(14-16-20)11-6-10-18-8-4-2-1-3-5-9-18/h21H,1-17H2. The molecule has 2 aliphatic heterocycles. The third-order valence-corrected chi connectivity index (χ3v) is 4.99. The van der Waals surface area contributed by atoms with Gasteiger partial charge in [0.05, 0.1) is 0 Å². The molecular weight excluding hydrogens is 262 g/mol. The van der Waals surface area contributed by atoms with Crippen LogP contribution in [0, 0.1) is 0 Å². The molecule has 0 aromatic carbocycles. The second kappa shape index (κ2) is 10.5. The van der Waals surface area contributed by atoms with Crippen molar-refractivity contribution in [1.29, 1.82) is 0 Å². The fraction of sp³-hybridized carbons (Fsp3) is 1.00. The zero-order valence-corrected chi connectivity index (χ0v) is 13.8. The maximum atomic E-state index is 8.88. The lowest BCUT2D eigenvalue weighted by Gasteiger charge is -2.35. The number of aliphatic hydroxyl groups excluding tert-OH is 1. The molecule has 4 nitrogen and oxygen atoms in total. The van der Waals surface area contributed by atoms with Crippen molar-refractivity contribution in [3.8, 4) is 0 Å². The van der Waals surface area contributed by atoms with Crippen LogP contribution in [-0.4, -0.2) is 85.3 Å². The lowest BCUT2D eigenvalue weighted by molar-refractivity contribution is 0.119. The predicted octanol–water partition coefficient (Wildman–Crippen LogP) is 1.64. The number of likely N-dealkylation sites (tertiary alicyclic amines) is 1. The fourth-order valence-corrected chi connectivity index (χ4v) is 3.59. The van der Waals surface area contributed by atoms with Crippen molar-refractivity contribution in [3.63, 3.8) is 0 Å². The van der Waals surface area contributed by atoms with Crippen LogP contribution in [-0.2, 0) is 0 Å². The van der Waals surface area contributed by atoms with Crippen LogP contribution < -0.4 is 0 Å². The van der Waals surface area contributed by atoms with E-state index in [1.807, 2.05) is 0 Å². The summed E-state index contributed by atoms with van der Waals surface area (Å²) in [7, 11) is 0. The SMILES string of the molecule is OCCCN1CCN(CCCN2CCCCCCC2)CC1. The van der Waals surface area contributed by atoms with E-state index in [1.165, 1.54) is 90.9 Å². The zero-order valence-electron chi connectivity index (χ0n) is 13.8. The molecule has 2 aliphatic rings. The number of aliphatic hydroxyl groups is 1. The Morgan fingerprint density at radius 2 is 0.952 bits per heavy atom. The van der Waals surface area contributed by atoms with Gasteiger partial charge in [-0.05, 0) is 51.9 Å². The van der Waals surface area contributed by atoms with Gasteiger partial charge in [0.15, 0.2) is 0 Å². The Morgan fingerprint density at radius 1 is 0.524 bits per heavy atom. The zero-order chi connectivity index (χ0) is 14.8. The van der Waals surface area contributed by atoms with Gasteiger partial charge in [0, 0.05) is 39.3 Å². The highest BCUT2D eigenvalue weighted by atomic mass is 16.3. The Labute approximate surface area is 131 Å². The summed E-state index contributed by atoms with van der Waals surface area (Å²) in [6.45, 7) is 11.4. The van der Waals surface area contributed by atoms with E-state index < -0.39 is 0 Å². The van der Waals surface area contributed by atoms with E-state index in [0.29, 0.717) is 6.61 Å². The monoisotopic (exact) mass is 297 g/mol. The maximum Gasteiger partial charge on any atom is 0.0443 e. The molecule has 4 heteroatoms. The second-order valence-corrected chi connectivity index (χ2v) is 6.72. The second-order valence-electron chi connectivity index (χ2n) is 6.72. The van der Waals surface area contributed by atoms with Crippen molar-refractivity contribution < 1.29 is 5.11 Å². The number of hydrogen-bond donors (Lipinski definition) is 1. The summed E-state index contributed by atoms with van der Waals surface area (Å²) in [6.07, 6.45) is 9.39. The van der Waals surface area contributed by atoms with Crippen LogP contribution in [0.5, 0.6) is 0 Å². The average molecular weight is 297 g/mol. The summed E-state index contributed by atoms with van der Waals surface area (Å²) < 4.78 is 0. The first-order valence-electron chi connectivity index (χ1n) is 9.16. The van der Waals surface area contributed by atoms with Crippen LogP contribution >= 0.6 is 0 Å². The number of hydrogen-bond acceptors (Lipinski definition) is 4. The summed E-state index contributed by atoms with van der Waals surface area (Å²) in [5.74, 6) is 0. The van der Waals surface area contributed by atoms with Crippen LogP contribution in [0.25, 0.3) is 0 Å². The van der Waals surface area contributed by atoms with Gasteiger partial charge in [-0.2, -0.15) is 0 Å². The third-order valence-electron chi connectivity index (χ3n) is 4.99. The van der Waals surface area contributed by atoms with E-state index in [-0.39, 0.29) is 0 Å². The van der Waals surface area contributed by atoms with Gasteiger partial charge in [-0.3, -0.25) is 0 Å². The molecule has 0 aromatic rings. The highest BCUT2D eigenvalue weighted by molar-refractivity contribution is 4.72. The lowest BCUT2D eigenvalue weighted by Crippen LogP contribution is -2.47. The van der Waals surface area contributed by atoms with Crippen molar-refractivity contribution >= 4 is 0 Å². The smallest absolute Gasteiger partial charge is 0.0443 e. The lowest BCUT2D eigenvalue weighted by atomic mass is 10.1. The predicted molar refractivity (Wildman–Crippen MR) is 88.7 cm³/mol. The highest BCUT2D eigenvalue weighted by Gasteiger charge is 2.16. The van der Waals surface area contributed by atoms with E-state index in [2.05, 4.69) is 14.7 Å². The van der Waals surface area contributed by atoms with Gasteiger partial charge in [-0.1, -0.05) is 19.3 Å². The quantitative estimate of drug-likeness (QED) is 0.774. The summed E-state index contributed by atoms with van der Waals surface area (Å²) in [5, 5.41) is 8.88. The molecule has 2 rings (SSSR count). The minimum atomic E-state index is 0.329. The van der Waals surface area contributed by atoms with E-state index in [9.17, 15) is 0 Å². The van der Waals surface area contributed by atoms with Crippen LogP contribution in [0.1, 0.15) is 44.9 Å². The fourth-order valence-electron chi connectivity index (χ4n) is 3.59. The van der Waals surface area contributed by atoms with E-state index in [4.69, 9.17) is 5.11 Å². The van der Waals surface area contributed by atoms with Crippen molar-refractivity contribution in [3.05, 3.63) is 0 Å². The first kappa shape index (κ1) is 17.2. The van der Waals surface area contributed by atoms with Gasteiger partial charge < -0.3 is 19.8 Å². The summed E-state index contributed by atoms with van der Waals surface area (Å²) >= 11 is 0. The first-order valence-corrected chi connectivity index (χ1v) is 9.16. The molecule has 0 aliphatic carbocycles. The maximum absolute atomic E-state index is 8.88. The number of rotatable bonds is 7. The topological polar surface area (TPSA) is 30.0 Å². The summed E-state index contributed by atoms with van der Waals surface area (Å²) in [5.41, 5.74) is 0. The Kier molecular flexibility index (Phi) is 8.64. The molecule has 1 N–H and O–H groups in total. The Bertz CT molecular complexity index is 246. The highest BCUT2D eigenvalue weighted by Crippen LogP contribution is 2.11. The van der Waals surface area contributed by atoms with E-state index in [0.717, 1.165) is 13.0 Å². The Morgan fingerprint density at radius 3 is 1.48 bits per heavy atom. The minimum Gasteiger partial charge on any atom is -0.396 e. The first-order chi connectivity index (χ1) is 10.4. The third kappa shape index (κ3) is 7.09.